The zero-order valence-electron chi connectivity index (χ0n) is 14.2. The lowest BCUT2D eigenvalue weighted by molar-refractivity contribution is 0.863. The van der Waals surface area contributed by atoms with E-state index in [4.69, 9.17) is 5.73 Å². The zero-order chi connectivity index (χ0) is 18.5. The molecule has 0 fully saturated rings. The summed E-state index contributed by atoms with van der Waals surface area (Å²) in [7, 11) is 0. The Bertz CT molecular complexity index is 967. The number of anilines is 1. The fraction of sp³-hybridized carbons (Fsp3) is 0.176. The van der Waals surface area contributed by atoms with E-state index in [-0.39, 0.29) is 11.4 Å². The topological polar surface area (TPSA) is 102 Å². The summed E-state index contributed by atoms with van der Waals surface area (Å²) in [5.41, 5.74) is 7.40. The molecule has 1 aromatic carbocycles. The molecule has 7 nitrogen and oxygen atoms in total. The van der Waals surface area contributed by atoms with Crippen molar-refractivity contribution in [3.8, 4) is 5.69 Å². The molecule has 2 aromatic heterocycles. The Morgan fingerprint density at radius 2 is 2.04 bits per heavy atom. The standard InChI is InChI=1S/C17H18N6OS2/c1-11(2)9-26-17-22-21-14(23(17)12-6-4-3-5-7-12)10-25-16-19-13(18)8-15(24)20-16/h3-8H,1,9-10H2,2H3,(H3,18,19,20,24). The van der Waals surface area contributed by atoms with Crippen LogP contribution in [0.15, 0.2) is 63.7 Å². The molecule has 0 amide bonds. The van der Waals surface area contributed by atoms with Gasteiger partial charge in [-0.2, -0.15) is 0 Å². The highest BCUT2D eigenvalue weighted by Crippen LogP contribution is 2.26. The molecule has 0 saturated heterocycles. The summed E-state index contributed by atoms with van der Waals surface area (Å²) >= 11 is 2.94. The Hall–Kier alpha value is -2.52. The minimum Gasteiger partial charge on any atom is -0.383 e. The van der Waals surface area contributed by atoms with E-state index in [2.05, 4.69) is 26.7 Å². The average molecular weight is 387 g/mol. The maximum Gasteiger partial charge on any atom is 0.253 e. The van der Waals surface area contributed by atoms with Crippen molar-refractivity contribution in [1.29, 1.82) is 0 Å². The quantitative estimate of drug-likeness (QED) is 0.366. The van der Waals surface area contributed by atoms with Gasteiger partial charge in [0.1, 0.15) is 11.6 Å². The summed E-state index contributed by atoms with van der Waals surface area (Å²) in [6.45, 7) is 5.92. The molecule has 0 bridgehead atoms. The highest BCUT2D eigenvalue weighted by molar-refractivity contribution is 7.99. The number of nitrogen functional groups attached to an aromatic ring is 1. The molecular formula is C17H18N6OS2. The molecule has 0 unspecified atom stereocenters. The first-order valence-electron chi connectivity index (χ1n) is 7.79. The molecular weight excluding hydrogens is 368 g/mol. The van der Waals surface area contributed by atoms with Crippen molar-refractivity contribution in [3.63, 3.8) is 0 Å². The Morgan fingerprint density at radius 3 is 2.73 bits per heavy atom. The molecule has 134 valence electrons. The van der Waals surface area contributed by atoms with Crippen LogP contribution in [-0.4, -0.2) is 30.5 Å². The van der Waals surface area contributed by atoms with Crippen LogP contribution in [0.1, 0.15) is 12.7 Å². The number of para-hydroxylation sites is 1. The zero-order valence-corrected chi connectivity index (χ0v) is 15.8. The summed E-state index contributed by atoms with van der Waals surface area (Å²) in [5, 5.41) is 9.89. The van der Waals surface area contributed by atoms with Gasteiger partial charge in [0.25, 0.3) is 5.56 Å². The number of H-pyrrole nitrogens is 1. The summed E-state index contributed by atoms with van der Waals surface area (Å²) < 4.78 is 2.00. The van der Waals surface area contributed by atoms with Gasteiger partial charge in [-0.25, -0.2) is 4.98 Å². The van der Waals surface area contributed by atoms with E-state index in [1.165, 1.54) is 17.8 Å². The summed E-state index contributed by atoms with van der Waals surface area (Å²) in [4.78, 5) is 18.3. The molecule has 9 heteroatoms. The first-order valence-corrected chi connectivity index (χ1v) is 9.76. The average Bonchev–Trinajstić information content (AvgIpc) is 3.01. The Kier molecular flexibility index (Phi) is 5.79. The fourth-order valence-electron chi connectivity index (χ4n) is 2.17. The van der Waals surface area contributed by atoms with E-state index in [0.29, 0.717) is 10.9 Å². The van der Waals surface area contributed by atoms with Crippen molar-refractivity contribution in [2.24, 2.45) is 0 Å². The van der Waals surface area contributed by atoms with Crippen molar-refractivity contribution in [1.82, 2.24) is 24.7 Å². The molecule has 0 radical (unpaired) electrons. The van der Waals surface area contributed by atoms with Gasteiger partial charge in [0, 0.05) is 17.5 Å². The Balaban J connectivity index is 1.88. The predicted molar refractivity (Wildman–Crippen MR) is 106 cm³/mol. The van der Waals surface area contributed by atoms with Crippen molar-refractivity contribution >= 4 is 29.3 Å². The van der Waals surface area contributed by atoms with Crippen LogP contribution in [0.5, 0.6) is 0 Å². The highest BCUT2D eigenvalue weighted by Gasteiger charge is 2.15. The molecule has 2 heterocycles. The molecule has 3 N–H and O–H groups in total. The molecule has 0 aliphatic carbocycles. The number of hydrogen-bond donors (Lipinski definition) is 2. The second-order valence-electron chi connectivity index (χ2n) is 5.58. The van der Waals surface area contributed by atoms with E-state index >= 15 is 0 Å². The third-order valence-electron chi connectivity index (χ3n) is 3.24. The Labute approximate surface area is 159 Å². The molecule has 3 rings (SSSR count). The fourth-order valence-corrected chi connectivity index (χ4v) is 3.78. The minimum atomic E-state index is -0.276. The van der Waals surface area contributed by atoms with Gasteiger partial charge in [-0.15, -0.1) is 10.2 Å². The number of hydrogen-bond acceptors (Lipinski definition) is 7. The van der Waals surface area contributed by atoms with Crippen LogP contribution in [0.3, 0.4) is 0 Å². The summed E-state index contributed by atoms with van der Waals surface area (Å²) in [5.74, 6) is 2.21. The lowest BCUT2D eigenvalue weighted by Crippen LogP contribution is -2.09. The Morgan fingerprint density at radius 1 is 1.27 bits per heavy atom. The minimum absolute atomic E-state index is 0.193. The van der Waals surface area contributed by atoms with Gasteiger partial charge < -0.3 is 10.7 Å². The lowest BCUT2D eigenvalue weighted by atomic mass is 10.3. The molecule has 0 spiro atoms. The summed E-state index contributed by atoms with van der Waals surface area (Å²) in [6, 6.07) is 11.2. The van der Waals surface area contributed by atoms with E-state index in [1.807, 2.05) is 41.8 Å². The van der Waals surface area contributed by atoms with Crippen LogP contribution >= 0.6 is 23.5 Å². The van der Waals surface area contributed by atoms with Gasteiger partial charge in [0.05, 0.1) is 5.75 Å². The maximum absolute atomic E-state index is 11.5. The van der Waals surface area contributed by atoms with E-state index in [1.54, 1.807) is 11.8 Å². The van der Waals surface area contributed by atoms with Gasteiger partial charge in [0.2, 0.25) is 0 Å². The number of aromatic amines is 1. The van der Waals surface area contributed by atoms with Crippen LogP contribution in [0.2, 0.25) is 0 Å². The van der Waals surface area contributed by atoms with Crippen molar-refractivity contribution in [2.45, 2.75) is 23.0 Å². The SMILES string of the molecule is C=C(C)CSc1nnc(CSc2nc(N)cc(=O)[nH]2)n1-c1ccccc1. The second-order valence-corrected chi connectivity index (χ2v) is 7.49. The number of thioether (sulfide) groups is 2. The van der Waals surface area contributed by atoms with E-state index in [0.717, 1.165) is 28.0 Å². The van der Waals surface area contributed by atoms with Crippen LogP contribution < -0.4 is 11.3 Å². The third kappa shape index (κ3) is 4.55. The number of nitrogens with zero attached hydrogens (tertiary/aromatic N) is 4. The highest BCUT2D eigenvalue weighted by atomic mass is 32.2. The van der Waals surface area contributed by atoms with Crippen molar-refractivity contribution in [3.05, 3.63) is 64.7 Å². The smallest absolute Gasteiger partial charge is 0.253 e. The number of nitrogens with one attached hydrogen (secondary N) is 1. The van der Waals surface area contributed by atoms with Gasteiger partial charge in [-0.1, -0.05) is 53.9 Å². The molecule has 0 saturated carbocycles. The van der Waals surface area contributed by atoms with E-state index < -0.39 is 0 Å². The molecule has 0 aliphatic rings. The van der Waals surface area contributed by atoms with Gasteiger partial charge in [-0.05, 0) is 19.1 Å². The first kappa shape index (κ1) is 18.3. The molecule has 0 aliphatic heterocycles. The molecule has 3 aromatic rings. The predicted octanol–water partition coefficient (Wildman–Crippen LogP) is 2.89. The van der Waals surface area contributed by atoms with Crippen LogP contribution in [0.4, 0.5) is 5.82 Å². The van der Waals surface area contributed by atoms with Crippen LogP contribution in [0.25, 0.3) is 5.69 Å². The third-order valence-corrected chi connectivity index (χ3v) is 5.27. The largest absolute Gasteiger partial charge is 0.383 e. The van der Waals surface area contributed by atoms with Gasteiger partial charge >= 0.3 is 0 Å². The number of rotatable bonds is 7. The number of aromatic nitrogens is 5. The van der Waals surface area contributed by atoms with Crippen LogP contribution in [0, 0.1) is 0 Å². The molecule has 26 heavy (non-hydrogen) atoms. The first-order chi connectivity index (χ1) is 12.5. The van der Waals surface area contributed by atoms with Crippen LogP contribution in [-0.2, 0) is 5.75 Å². The second kappa shape index (κ2) is 8.24. The maximum atomic E-state index is 11.5. The molecule has 0 atom stereocenters. The normalized spacial score (nSPS) is 10.8. The summed E-state index contributed by atoms with van der Waals surface area (Å²) in [6.07, 6.45) is 0. The van der Waals surface area contributed by atoms with Gasteiger partial charge in [-0.3, -0.25) is 9.36 Å². The van der Waals surface area contributed by atoms with Gasteiger partial charge in [0.15, 0.2) is 10.3 Å². The monoisotopic (exact) mass is 386 g/mol. The number of benzene rings is 1. The van der Waals surface area contributed by atoms with Crippen molar-refractivity contribution in [2.75, 3.05) is 11.5 Å². The van der Waals surface area contributed by atoms with Crippen molar-refractivity contribution < 1.29 is 0 Å². The lowest BCUT2D eigenvalue weighted by Gasteiger charge is -2.10. The van der Waals surface area contributed by atoms with E-state index in [9.17, 15) is 4.79 Å². The number of nitrogens with two attached hydrogens (primary N) is 1.